The van der Waals surface area contributed by atoms with E-state index < -0.39 is 6.03 Å². The second kappa shape index (κ2) is 4.58. The fourth-order valence-electron chi connectivity index (χ4n) is 2.42. The van der Waals surface area contributed by atoms with Crippen molar-refractivity contribution < 1.29 is 4.79 Å². The van der Waals surface area contributed by atoms with E-state index in [9.17, 15) is 4.79 Å². The lowest BCUT2D eigenvalue weighted by Crippen LogP contribution is -2.27. The first-order valence-corrected chi connectivity index (χ1v) is 6.96. The molecule has 3 nitrogen and oxygen atoms in total. The number of halogens is 1. The molecule has 1 aliphatic rings. The molecule has 0 saturated heterocycles. The summed E-state index contributed by atoms with van der Waals surface area (Å²) >= 11 is 7.57. The van der Waals surface area contributed by atoms with Crippen LogP contribution >= 0.6 is 28.7 Å². The number of urea groups is 1. The Morgan fingerprint density at radius 3 is 2.47 bits per heavy atom. The van der Waals surface area contributed by atoms with Gasteiger partial charge in [0, 0.05) is 4.47 Å². The molecule has 0 bridgehead atoms. The van der Waals surface area contributed by atoms with Gasteiger partial charge in [0.25, 0.3) is 0 Å². The lowest BCUT2D eigenvalue weighted by atomic mass is 10.1. The lowest BCUT2D eigenvalue weighted by molar-refractivity contribution is 0.257. The van der Waals surface area contributed by atoms with E-state index in [1.54, 1.807) is 0 Å². The van der Waals surface area contributed by atoms with Gasteiger partial charge in [-0.25, -0.2) is 9.10 Å². The summed E-state index contributed by atoms with van der Waals surface area (Å²) < 4.78 is 2.23. The van der Waals surface area contributed by atoms with Crippen LogP contribution in [0.25, 0.3) is 11.1 Å². The van der Waals surface area contributed by atoms with Crippen LogP contribution in [0.2, 0.25) is 0 Å². The van der Waals surface area contributed by atoms with E-state index in [1.807, 2.05) is 24.3 Å². The number of nitrogens with two attached hydrogens (primary N) is 1. The molecule has 0 heterocycles. The van der Waals surface area contributed by atoms with E-state index in [0.29, 0.717) is 5.69 Å². The summed E-state index contributed by atoms with van der Waals surface area (Å²) in [5.41, 5.74) is 10.8. The molecule has 2 aromatic carbocycles. The molecular formula is C14H11BrN2OS. The number of hydrogen-bond donors (Lipinski definition) is 2. The average Bonchev–Trinajstić information content (AvgIpc) is 2.73. The quantitative estimate of drug-likeness (QED) is 0.654. The Hall–Kier alpha value is -1.46. The molecular weight excluding hydrogens is 324 g/mol. The number of carbonyl (C=O) groups is 1. The van der Waals surface area contributed by atoms with Crippen LogP contribution in [0.15, 0.2) is 40.9 Å². The fraction of sp³-hybridized carbons (Fsp3) is 0.0714. The first-order chi connectivity index (χ1) is 9.06. The van der Waals surface area contributed by atoms with Gasteiger partial charge in [-0.2, -0.15) is 0 Å². The predicted octanol–water partition coefficient (Wildman–Crippen LogP) is 3.75. The molecule has 0 fully saturated rings. The molecule has 3 rings (SSSR count). The summed E-state index contributed by atoms with van der Waals surface area (Å²) in [7, 11) is 0. The highest BCUT2D eigenvalue weighted by molar-refractivity contribution is 9.10. The van der Waals surface area contributed by atoms with Crippen molar-refractivity contribution in [1.82, 2.24) is 0 Å². The maximum absolute atomic E-state index is 11.1. The van der Waals surface area contributed by atoms with Gasteiger partial charge in [-0.15, -0.1) is 0 Å². The zero-order chi connectivity index (χ0) is 13.6. The summed E-state index contributed by atoms with van der Waals surface area (Å²) in [6.45, 7) is 0. The number of primary amides is 1. The number of carbonyl (C=O) groups excluding carboxylic acids is 1. The van der Waals surface area contributed by atoms with Crippen molar-refractivity contribution >= 4 is 40.5 Å². The predicted molar refractivity (Wildman–Crippen MR) is 83.4 cm³/mol. The molecule has 0 atom stereocenters. The highest BCUT2D eigenvalue weighted by Crippen LogP contribution is 2.39. The molecule has 0 aromatic heterocycles. The molecule has 0 saturated carbocycles. The lowest BCUT2D eigenvalue weighted by Gasteiger charge is -2.13. The molecule has 19 heavy (non-hydrogen) atoms. The van der Waals surface area contributed by atoms with Crippen molar-refractivity contribution in [3.63, 3.8) is 0 Å². The molecule has 5 heteroatoms. The summed E-state index contributed by atoms with van der Waals surface area (Å²) in [5.74, 6) is 0. The van der Waals surface area contributed by atoms with E-state index in [2.05, 4.69) is 40.9 Å². The molecule has 1 aliphatic carbocycles. The summed E-state index contributed by atoms with van der Waals surface area (Å²) in [5, 5.41) is 0. The zero-order valence-electron chi connectivity index (χ0n) is 9.93. The van der Waals surface area contributed by atoms with E-state index in [0.717, 1.165) is 15.2 Å². The standard InChI is InChI=1S/C14H11BrN2OS/c15-10-1-3-12-8(6-10)5-9-7-11(2-4-13(9)12)17(19)14(16)18/h1-4,6-7,19H,5H2,(H2,16,18). The van der Waals surface area contributed by atoms with Crippen LogP contribution in [0.3, 0.4) is 0 Å². The maximum Gasteiger partial charge on any atom is 0.329 e. The zero-order valence-corrected chi connectivity index (χ0v) is 12.4. The van der Waals surface area contributed by atoms with Gasteiger partial charge in [0.2, 0.25) is 0 Å². The number of fused-ring (bicyclic) bond motifs is 3. The molecule has 2 N–H and O–H groups in total. The Bertz CT molecular complexity index is 687. The number of nitrogens with zero attached hydrogens (tertiary/aromatic N) is 1. The van der Waals surface area contributed by atoms with Crippen molar-refractivity contribution in [1.29, 1.82) is 0 Å². The first-order valence-electron chi connectivity index (χ1n) is 5.76. The minimum atomic E-state index is -0.582. The average molecular weight is 335 g/mol. The molecule has 0 unspecified atom stereocenters. The third-order valence-corrected chi connectivity index (χ3v) is 4.20. The number of thiol groups is 1. The van der Waals surface area contributed by atoms with Crippen LogP contribution < -0.4 is 10.0 Å². The highest BCUT2D eigenvalue weighted by atomic mass is 79.9. The van der Waals surface area contributed by atoms with Gasteiger partial charge < -0.3 is 5.73 Å². The summed E-state index contributed by atoms with van der Waals surface area (Å²) in [6, 6.07) is 11.5. The Morgan fingerprint density at radius 2 is 1.79 bits per heavy atom. The Kier molecular flexibility index (Phi) is 3.03. The number of amides is 2. The van der Waals surface area contributed by atoms with Crippen molar-refractivity contribution in [2.45, 2.75) is 6.42 Å². The number of benzene rings is 2. The van der Waals surface area contributed by atoms with Crippen molar-refractivity contribution in [2.75, 3.05) is 4.31 Å². The number of rotatable bonds is 1. The van der Waals surface area contributed by atoms with Gasteiger partial charge in [0.05, 0.1) is 5.69 Å². The largest absolute Gasteiger partial charge is 0.350 e. The van der Waals surface area contributed by atoms with Crippen LogP contribution in [0.1, 0.15) is 11.1 Å². The monoisotopic (exact) mass is 334 g/mol. The van der Waals surface area contributed by atoms with Gasteiger partial charge in [-0.1, -0.05) is 40.9 Å². The smallest absolute Gasteiger partial charge is 0.329 e. The Morgan fingerprint density at radius 1 is 1.16 bits per heavy atom. The fourth-order valence-corrected chi connectivity index (χ4v) is 2.96. The van der Waals surface area contributed by atoms with Crippen LogP contribution in [-0.4, -0.2) is 6.03 Å². The Balaban J connectivity index is 2.05. The highest BCUT2D eigenvalue weighted by Gasteiger charge is 2.20. The molecule has 96 valence electrons. The molecule has 0 spiro atoms. The Labute approximate surface area is 125 Å². The van der Waals surface area contributed by atoms with E-state index >= 15 is 0 Å². The second-order valence-electron chi connectivity index (χ2n) is 4.47. The third kappa shape index (κ3) is 2.13. The van der Waals surface area contributed by atoms with Crippen LogP contribution in [-0.2, 0) is 6.42 Å². The maximum atomic E-state index is 11.1. The van der Waals surface area contributed by atoms with Crippen LogP contribution in [0.4, 0.5) is 10.5 Å². The van der Waals surface area contributed by atoms with Gasteiger partial charge in [-0.3, -0.25) is 0 Å². The molecule has 2 amide bonds. The second-order valence-corrected chi connectivity index (χ2v) is 5.79. The topological polar surface area (TPSA) is 46.3 Å². The van der Waals surface area contributed by atoms with Crippen molar-refractivity contribution in [3.8, 4) is 11.1 Å². The summed E-state index contributed by atoms with van der Waals surface area (Å²) in [4.78, 5) is 11.1. The van der Waals surface area contributed by atoms with Crippen LogP contribution in [0.5, 0.6) is 0 Å². The van der Waals surface area contributed by atoms with E-state index in [1.165, 1.54) is 22.3 Å². The first kappa shape index (κ1) is 12.6. The normalized spacial score (nSPS) is 11.9. The minimum Gasteiger partial charge on any atom is -0.350 e. The summed E-state index contributed by atoms with van der Waals surface area (Å²) in [6.07, 6.45) is 0.859. The molecule has 0 aliphatic heterocycles. The van der Waals surface area contributed by atoms with Crippen molar-refractivity contribution in [2.24, 2.45) is 5.73 Å². The number of hydrogen-bond acceptors (Lipinski definition) is 2. The third-order valence-electron chi connectivity index (χ3n) is 3.28. The van der Waals surface area contributed by atoms with Gasteiger partial charge in [0.1, 0.15) is 0 Å². The van der Waals surface area contributed by atoms with E-state index in [4.69, 9.17) is 5.73 Å². The molecule has 2 aromatic rings. The van der Waals surface area contributed by atoms with E-state index in [-0.39, 0.29) is 0 Å². The molecule has 0 radical (unpaired) electrons. The van der Waals surface area contributed by atoms with Crippen molar-refractivity contribution in [3.05, 3.63) is 52.0 Å². The SMILES string of the molecule is NC(=O)N(S)c1ccc2c(c1)Cc1cc(Br)ccc1-2. The van der Waals surface area contributed by atoms with Gasteiger partial charge in [0.15, 0.2) is 0 Å². The number of anilines is 1. The van der Waals surface area contributed by atoms with Gasteiger partial charge in [-0.05, 0) is 52.9 Å². The van der Waals surface area contributed by atoms with Crippen LogP contribution in [0, 0.1) is 0 Å². The minimum absolute atomic E-state index is 0.582. The van der Waals surface area contributed by atoms with Gasteiger partial charge >= 0.3 is 6.03 Å².